The van der Waals surface area contributed by atoms with E-state index in [0.29, 0.717) is 6.42 Å². The molecule has 1 amide bonds. The number of hydrogen-bond donors (Lipinski definition) is 2. The second kappa shape index (κ2) is 6.23. The van der Waals surface area contributed by atoms with Gasteiger partial charge < -0.3 is 4.90 Å². The first-order valence-corrected chi connectivity index (χ1v) is 8.66. The molecule has 25 heavy (non-hydrogen) atoms. The number of nitriles is 1. The van der Waals surface area contributed by atoms with E-state index in [0.717, 1.165) is 20.9 Å². The van der Waals surface area contributed by atoms with E-state index in [1.807, 2.05) is 26.0 Å². The summed E-state index contributed by atoms with van der Waals surface area (Å²) in [5, 5.41) is 12.3. The molecule has 0 bridgehead atoms. The number of nitrogens with one attached hydrogen (secondary N) is 1. The first-order chi connectivity index (χ1) is 11.7. The number of benzene rings is 1. The topological polar surface area (TPSA) is 82.2 Å². The molecule has 1 saturated heterocycles. The average molecular weight is 358 g/mol. The van der Waals surface area contributed by atoms with Gasteiger partial charge in [-0.25, -0.2) is 4.39 Å². The Balaban J connectivity index is 2.01. The molecule has 1 unspecified atom stereocenters. The van der Waals surface area contributed by atoms with Crippen LogP contribution in [0.1, 0.15) is 29.3 Å². The maximum Gasteiger partial charge on any atom is 0.226 e. The van der Waals surface area contributed by atoms with Crippen LogP contribution in [0.25, 0.3) is 10.4 Å². The number of carbonyl (C=O) groups excluding carboxylic acids is 1. The Morgan fingerprint density at radius 1 is 1.48 bits per heavy atom. The lowest BCUT2D eigenvalue weighted by atomic mass is 9.92. The van der Waals surface area contributed by atoms with Gasteiger partial charge >= 0.3 is 0 Å². The molecular formula is C18H19FN4OS. The molecule has 1 fully saturated rings. The van der Waals surface area contributed by atoms with E-state index in [4.69, 9.17) is 11.0 Å². The number of hydrogen-bond acceptors (Lipinski definition) is 5. The predicted molar refractivity (Wildman–Crippen MR) is 95.0 cm³/mol. The van der Waals surface area contributed by atoms with Crippen LogP contribution in [0.3, 0.4) is 0 Å². The first-order valence-electron chi connectivity index (χ1n) is 7.85. The van der Waals surface area contributed by atoms with Gasteiger partial charge in [-0.1, -0.05) is 6.07 Å². The predicted octanol–water partition coefficient (Wildman–Crippen LogP) is 2.64. The van der Waals surface area contributed by atoms with Crippen molar-refractivity contribution in [2.45, 2.75) is 32.1 Å². The average Bonchev–Trinajstić information content (AvgIpc) is 2.96. The highest BCUT2D eigenvalue weighted by Crippen LogP contribution is 2.40. The summed E-state index contributed by atoms with van der Waals surface area (Å²) in [6.45, 7) is 3.92. The van der Waals surface area contributed by atoms with Crippen molar-refractivity contribution in [1.29, 1.82) is 5.26 Å². The lowest BCUT2D eigenvalue weighted by Crippen LogP contribution is -2.64. The smallest absolute Gasteiger partial charge is 0.226 e. The summed E-state index contributed by atoms with van der Waals surface area (Å²) in [4.78, 5) is 15.6. The largest absolute Gasteiger partial charge is 0.317 e. The fourth-order valence-electron chi connectivity index (χ4n) is 3.01. The van der Waals surface area contributed by atoms with Crippen LogP contribution in [0.2, 0.25) is 0 Å². The molecule has 2 atom stereocenters. The Labute approximate surface area is 149 Å². The van der Waals surface area contributed by atoms with Gasteiger partial charge in [-0.3, -0.25) is 15.8 Å². The summed E-state index contributed by atoms with van der Waals surface area (Å²) in [6.07, 6.45) is -0.239. The minimum Gasteiger partial charge on any atom is -0.317 e. The number of halogens is 1. The number of thiophene rings is 1. The lowest BCUT2D eigenvalue weighted by Gasteiger charge is -2.42. The number of nitrogens with two attached hydrogens (primary N) is 1. The number of rotatable bonds is 2. The minimum absolute atomic E-state index is 0.0186. The Morgan fingerprint density at radius 2 is 2.20 bits per heavy atom. The van der Waals surface area contributed by atoms with Crippen molar-refractivity contribution in [2.75, 3.05) is 7.05 Å². The van der Waals surface area contributed by atoms with E-state index in [1.165, 1.54) is 22.3 Å². The Bertz CT molecular complexity index is 888. The first kappa shape index (κ1) is 17.5. The number of nitrogens with zero attached hydrogens (tertiary/aromatic N) is 2. The fourth-order valence-corrected chi connectivity index (χ4v) is 4.28. The van der Waals surface area contributed by atoms with Crippen molar-refractivity contribution in [1.82, 2.24) is 10.2 Å². The zero-order valence-electron chi connectivity index (χ0n) is 14.3. The maximum atomic E-state index is 13.6. The van der Waals surface area contributed by atoms with Crippen molar-refractivity contribution < 1.29 is 9.18 Å². The number of amides is 1. The van der Waals surface area contributed by atoms with Gasteiger partial charge in [0.05, 0.1) is 11.1 Å². The summed E-state index contributed by atoms with van der Waals surface area (Å²) in [5.74, 6) is -0.545. The maximum absolute atomic E-state index is 13.6. The van der Waals surface area contributed by atoms with Crippen molar-refractivity contribution in [2.24, 2.45) is 5.73 Å². The Morgan fingerprint density at radius 3 is 2.84 bits per heavy atom. The van der Waals surface area contributed by atoms with Crippen molar-refractivity contribution >= 4 is 17.2 Å². The normalized spacial score (nSPS) is 23.6. The van der Waals surface area contributed by atoms with Gasteiger partial charge in [0.1, 0.15) is 18.2 Å². The van der Waals surface area contributed by atoms with E-state index < -0.39 is 17.6 Å². The second-order valence-electron chi connectivity index (χ2n) is 6.53. The Kier molecular flexibility index (Phi) is 4.37. The molecule has 0 spiro atoms. The third-order valence-corrected chi connectivity index (χ3v) is 6.14. The molecule has 0 aliphatic carbocycles. The van der Waals surface area contributed by atoms with Crippen LogP contribution in [-0.2, 0) is 10.3 Å². The molecule has 5 nitrogen and oxygen atoms in total. The fraction of sp³-hybridized carbons (Fsp3) is 0.333. The van der Waals surface area contributed by atoms with Crippen LogP contribution in [0, 0.1) is 24.1 Å². The zero-order valence-corrected chi connectivity index (χ0v) is 15.1. The molecule has 3 rings (SSSR count). The molecule has 3 N–H and O–H groups in total. The van der Waals surface area contributed by atoms with Crippen molar-refractivity contribution in [3.8, 4) is 16.5 Å². The number of carbonyl (C=O) groups is 1. The van der Waals surface area contributed by atoms with Crippen LogP contribution in [0.5, 0.6) is 0 Å². The molecule has 0 radical (unpaired) electrons. The monoisotopic (exact) mass is 358 g/mol. The quantitative estimate of drug-likeness (QED) is 0.865. The van der Waals surface area contributed by atoms with Gasteiger partial charge in [0.25, 0.3) is 0 Å². The van der Waals surface area contributed by atoms with E-state index in [1.54, 1.807) is 19.2 Å². The van der Waals surface area contributed by atoms with Gasteiger partial charge in [-0.2, -0.15) is 5.26 Å². The summed E-state index contributed by atoms with van der Waals surface area (Å²) < 4.78 is 13.6. The van der Waals surface area contributed by atoms with E-state index >= 15 is 0 Å². The summed E-state index contributed by atoms with van der Waals surface area (Å²) in [5.41, 5.74) is 7.28. The summed E-state index contributed by atoms with van der Waals surface area (Å²) in [6, 6.07) is 8.42. The van der Waals surface area contributed by atoms with Gasteiger partial charge in [0.15, 0.2) is 0 Å². The molecule has 0 saturated carbocycles. The van der Waals surface area contributed by atoms with E-state index in [9.17, 15) is 9.18 Å². The van der Waals surface area contributed by atoms with Crippen LogP contribution in [0.15, 0.2) is 24.3 Å². The minimum atomic E-state index is -0.561. The molecule has 1 aromatic heterocycles. The highest BCUT2D eigenvalue weighted by molar-refractivity contribution is 7.15. The molecule has 2 aromatic rings. The zero-order chi connectivity index (χ0) is 18.4. The van der Waals surface area contributed by atoms with Gasteiger partial charge in [-0.15, -0.1) is 11.3 Å². The standard InChI is InChI=1S/C18H19FN4OS/c1-10-6-14(18(2)8-15(24)23(3)17(21)22-18)25-16(10)11-4-5-13(19)12(7-11)9-20/h4-7,17,22H,8,21H2,1-3H3/t17?,18-/m0/s1. The van der Waals surface area contributed by atoms with Gasteiger partial charge in [0, 0.05) is 23.2 Å². The Hall–Kier alpha value is -2.27. The molecule has 130 valence electrons. The SMILES string of the molecule is Cc1cc([C@]2(C)CC(=O)N(C)C(N)N2)sc1-c1ccc(F)c(C#N)c1. The molecule has 7 heteroatoms. The molecule has 1 aliphatic rings. The summed E-state index contributed by atoms with van der Waals surface area (Å²) in [7, 11) is 1.67. The van der Waals surface area contributed by atoms with Crippen LogP contribution in [-0.4, -0.2) is 24.1 Å². The van der Waals surface area contributed by atoms with Crippen LogP contribution in [0.4, 0.5) is 4.39 Å². The van der Waals surface area contributed by atoms with Gasteiger partial charge in [-0.05, 0) is 43.2 Å². The molecule has 2 heterocycles. The highest BCUT2D eigenvalue weighted by atomic mass is 32.1. The highest BCUT2D eigenvalue weighted by Gasteiger charge is 2.40. The molecular weight excluding hydrogens is 339 g/mol. The number of aryl methyl sites for hydroxylation is 1. The van der Waals surface area contributed by atoms with Crippen LogP contribution >= 0.6 is 11.3 Å². The molecule has 1 aromatic carbocycles. The third kappa shape index (κ3) is 3.04. The summed E-state index contributed by atoms with van der Waals surface area (Å²) >= 11 is 1.53. The second-order valence-corrected chi connectivity index (χ2v) is 7.58. The van der Waals surface area contributed by atoms with E-state index in [2.05, 4.69) is 5.32 Å². The van der Waals surface area contributed by atoms with Crippen molar-refractivity contribution in [3.05, 3.63) is 46.1 Å². The lowest BCUT2D eigenvalue weighted by molar-refractivity contribution is -0.139. The molecule has 1 aliphatic heterocycles. The van der Waals surface area contributed by atoms with Crippen LogP contribution < -0.4 is 11.1 Å². The van der Waals surface area contributed by atoms with Gasteiger partial charge in [0.2, 0.25) is 5.91 Å². The van der Waals surface area contributed by atoms with E-state index in [-0.39, 0.29) is 11.5 Å². The van der Waals surface area contributed by atoms with Crippen molar-refractivity contribution in [3.63, 3.8) is 0 Å². The third-order valence-electron chi connectivity index (χ3n) is 4.59.